The maximum atomic E-state index is 12.9. The maximum Gasteiger partial charge on any atom is 0.270 e. The van der Waals surface area contributed by atoms with Gasteiger partial charge in [0.2, 0.25) is 5.95 Å². The van der Waals surface area contributed by atoms with E-state index in [1.165, 1.54) is 0 Å². The number of rotatable bonds is 5. The van der Waals surface area contributed by atoms with Gasteiger partial charge in [-0.2, -0.15) is 0 Å². The minimum atomic E-state index is -0.197. The zero-order valence-corrected chi connectivity index (χ0v) is 18.2. The average molecular weight is 434 g/mol. The number of pyridine rings is 1. The van der Waals surface area contributed by atoms with Crippen molar-refractivity contribution in [3.8, 4) is 5.75 Å². The number of para-hydroxylation sites is 1. The predicted molar refractivity (Wildman–Crippen MR) is 121 cm³/mol. The predicted octanol–water partition coefficient (Wildman–Crippen LogP) is 2.94. The van der Waals surface area contributed by atoms with E-state index in [0.717, 1.165) is 61.6 Å². The Morgan fingerprint density at radius 2 is 2.00 bits per heavy atom. The number of amides is 1. The van der Waals surface area contributed by atoms with Crippen LogP contribution in [-0.4, -0.2) is 60.3 Å². The van der Waals surface area contributed by atoms with Crippen LogP contribution in [0.15, 0.2) is 42.6 Å². The lowest BCUT2D eigenvalue weighted by Gasteiger charge is -2.23. The van der Waals surface area contributed by atoms with Crippen molar-refractivity contribution in [2.24, 2.45) is 0 Å². The lowest BCUT2D eigenvalue weighted by atomic mass is 9.96. The first-order valence-electron chi connectivity index (χ1n) is 11.1. The highest BCUT2D eigenvalue weighted by molar-refractivity contribution is 5.97. The third-order valence-electron chi connectivity index (χ3n) is 6.24. The van der Waals surface area contributed by atoms with Gasteiger partial charge in [0.05, 0.1) is 12.6 Å². The van der Waals surface area contributed by atoms with Gasteiger partial charge in [-0.1, -0.05) is 12.1 Å². The molecule has 2 aliphatic rings. The van der Waals surface area contributed by atoms with Crippen LogP contribution in [0.2, 0.25) is 0 Å². The van der Waals surface area contributed by atoms with Crippen LogP contribution < -0.4 is 15.0 Å². The Balaban J connectivity index is 1.26. The van der Waals surface area contributed by atoms with E-state index in [2.05, 4.69) is 20.2 Å². The normalized spacial score (nSPS) is 19.3. The number of anilines is 1. The van der Waals surface area contributed by atoms with Crippen molar-refractivity contribution in [1.82, 2.24) is 20.3 Å². The van der Waals surface area contributed by atoms with E-state index in [1.807, 2.05) is 36.5 Å². The van der Waals surface area contributed by atoms with E-state index in [1.54, 1.807) is 13.2 Å². The number of benzene rings is 1. The summed E-state index contributed by atoms with van der Waals surface area (Å²) >= 11 is 0. The van der Waals surface area contributed by atoms with Crippen LogP contribution in [0.5, 0.6) is 5.75 Å². The number of hydrogen-bond acceptors (Lipinski definition) is 7. The number of aromatic nitrogens is 3. The third kappa shape index (κ3) is 4.23. The first kappa shape index (κ1) is 20.6. The Morgan fingerprint density at radius 3 is 2.84 bits per heavy atom. The molecule has 1 N–H and O–H groups in total. The number of methoxy groups -OCH3 is 1. The largest absolute Gasteiger partial charge is 0.496 e. The third-order valence-corrected chi connectivity index (χ3v) is 6.24. The van der Waals surface area contributed by atoms with Crippen LogP contribution in [0, 0.1) is 0 Å². The molecule has 0 bridgehead atoms. The van der Waals surface area contributed by atoms with Crippen molar-refractivity contribution in [2.75, 3.05) is 38.3 Å². The van der Waals surface area contributed by atoms with E-state index in [9.17, 15) is 4.79 Å². The molecule has 2 fully saturated rings. The number of fused-ring (bicyclic) bond motifs is 1. The van der Waals surface area contributed by atoms with Gasteiger partial charge >= 0.3 is 0 Å². The van der Waals surface area contributed by atoms with Crippen molar-refractivity contribution >= 4 is 22.8 Å². The summed E-state index contributed by atoms with van der Waals surface area (Å²) in [5.74, 6) is 1.61. The van der Waals surface area contributed by atoms with Gasteiger partial charge in [0, 0.05) is 61.6 Å². The SMILES string of the molecule is COc1cc(C(=O)NC2CCN(c3nccc(C4CCOCC4)n3)C2)nc2ccccc12. The van der Waals surface area contributed by atoms with Crippen LogP contribution >= 0.6 is 0 Å². The second kappa shape index (κ2) is 9.08. The Kier molecular flexibility index (Phi) is 5.85. The fourth-order valence-electron chi connectivity index (χ4n) is 4.48. The molecule has 1 unspecified atom stereocenters. The molecule has 5 rings (SSSR count). The average Bonchev–Trinajstić information content (AvgIpc) is 3.32. The minimum Gasteiger partial charge on any atom is -0.496 e. The smallest absolute Gasteiger partial charge is 0.270 e. The minimum absolute atomic E-state index is 0.0112. The fraction of sp³-hybridized carbons (Fsp3) is 0.417. The Bertz CT molecular complexity index is 1120. The summed E-state index contributed by atoms with van der Waals surface area (Å²) in [7, 11) is 1.60. The number of nitrogens with one attached hydrogen (secondary N) is 1. The lowest BCUT2D eigenvalue weighted by molar-refractivity contribution is 0.0845. The van der Waals surface area contributed by atoms with Gasteiger partial charge in [-0.15, -0.1) is 0 Å². The van der Waals surface area contributed by atoms with Gasteiger partial charge in [0.15, 0.2) is 0 Å². The highest BCUT2D eigenvalue weighted by Crippen LogP contribution is 2.27. The molecule has 2 saturated heterocycles. The molecule has 0 radical (unpaired) electrons. The Labute approximate surface area is 187 Å². The first-order valence-corrected chi connectivity index (χ1v) is 11.1. The van der Waals surface area contributed by atoms with E-state index < -0.39 is 0 Å². The summed E-state index contributed by atoms with van der Waals surface area (Å²) in [5, 5.41) is 4.01. The Morgan fingerprint density at radius 1 is 1.16 bits per heavy atom. The molecule has 166 valence electrons. The van der Waals surface area contributed by atoms with E-state index in [0.29, 0.717) is 23.9 Å². The van der Waals surface area contributed by atoms with Gasteiger partial charge in [-0.05, 0) is 37.5 Å². The summed E-state index contributed by atoms with van der Waals surface area (Å²) in [5.41, 5.74) is 2.18. The molecular weight excluding hydrogens is 406 g/mol. The first-order chi connectivity index (χ1) is 15.7. The molecule has 8 nitrogen and oxygen atoms in total. The molecule has 3 aromatic rings. The standard InChI is InChI=1S/C24H27N5O3/c1-31-22-14-21(27-20-5-3-2-4-18(20)22)23(30)26-17-7-11-29(15-17)24-25-10-6-19(28-24)16-8-12-32-13-9-16/h2-6,10,14,16-17H,7-9,11-13,15H2,1H3,(H,26,30). The van der Waals surface area contributed by atoms with Crippen LogP contribution in [0.25, 0.3) is 10.9 Å². The van der Waals surface area contributed by atoms with Crippen LogP contribution in [-0.2, 0) is 4.74 Å². The maximum absolute atomic E-state index is 12.9. The lowest BCUT2D eigenvalue weighted by Crippen LogP contribution is -2.37. The number of nitrogens with zero attached hydrogens (tertiary/aromatic N) is 4. The summed E-state index contributed by atoms with van der Waals surface area (Å²) < 4.78 is 10.9. The van der Waals surface area contributed by atoms with E-state index in [4.69, 9.17) is 14.5 Å². The van der Waals surface area contributed by atoms with Crippen molar-refractivity contribution in [3.05, 3.63) is 54.0 Å². The van der Waals surface area contributed by atoms with Crippen molar-refractivity contribution < 1.29 is 14.3 Å². The highest BCUT2D eigenvalue weighted by atomic mass is 16.5. The van der Waals surface area contributed by atoms with Crippen molar-refractivity contribution in [1.29, 1.82) is 0 Å². The fourth-order valence-corrected chi connectivity index (χ4v) is 4.48. The van der Waals surface area contributed by atoms with E-state index >= 15 is 0 Å². The Hall–Kier alpha value is -3.26. The number of ether oxygens (including phenoxy) is 2. The number of hydrogen-bond donors (Lipinski definition) is 1. The van der Waals surface area contributed by atoms with Crippen LogP contribution in [0.1, 0.15) is 41.4 Å². The molecule has 32 heavy (non-hydrogen) atoms. The van der Waals surface area contributed by atoms with Gasteiger partial charge in [0.25, 0.3) is 5.91 Å². The van der Waals surface area contributed by atoms with Crippen LogP contribution in [0.3, 0.4) is 0 Å². The van der Waals surface area contributed by atoms with Gasteiger partial charge in [-0.3, -0.25) is 4.79 Å². The number of carbonyl (C=O) groups is 1. The molecule has 2 aromatic heterocycles. The highest BCUT2D eigenvalue weighted by Gasteiger charge is 2.27. The monoisotopic (exact) mass is 433 g/mol. The second-order valence-electron chi connectivity index (χ2n) is 8.30. The van der Waals surface area contributed by atoms with Crippen molar-refractivity contribution in [2.45, 2.75) is 31.2 Å². The topological polar surface area (TPSA) is 89.5 Å². The second-order valence-corrected chi connectivity index (χ2v) is 8.30. The molecule has 1 amide bonds. The zero-order valence-electron chi connectivity index (χ0n) is 18.2. The van der Waals surface area contributed by atoms with Gasteiger partial charge in [-0.25, -0.2) is 15.0 Å². The molecule has 1 aromatic carbocycles. The van der Waals surface area contributed by atoms with Gasteiger partial charge in [0.1, 0.15) is 11.4 Å². The zero-order chi connectivity index (χ0) is 21.9. The molecule has 0 spiro atoms. The summed E-state index contributed by atoms with van der Waals surface area (Å²) in [6, 6.07) is 11.4. The van der Waals surface area contributed by atoms with E-state index in [-0.39, 0.29) is 11.9 Å². The van der Waals surface area contributed by atoms with Crippen LogP contribution in [0.4, 0.5) is 5.95 Å². The quantitative estimate of drug-likeness (QED) is 0.662. The molecule has 1 atom stereocenters. The number of carbonyl (C=O) groups excluding carboxylic acids is 1. The van der Waals surface area contributed by atoms with Gasteiger partial charge < -0.3 is 19.7 Å². The summed E-state index contributed by atoms with van der Waals surface area (Å²) in [6.45, 7) is 3.05. The summed E-state index contributed by atoms with van der Waals surface area (Å²) in [4.78, 5) is 28.9. The van der Waals surface area contributed by atoms with Crippen molar-refractivity contribution in [3.63, 3.8) is 0 Å². The molecule has 2 aliphatic heterocycles. The molecule has 8 heteroatoms. The molecular formula is C24H27N5O3. The molecule has 0 aliphatic carbocycles. The molecule has 4 heterocycles. The molecule has 0 saturated carbocycles. The summed E-state index contributed by atoms with van der Waals surface area (Å²) in [6.07, 6.45) is 4.67.